The van der Waals surface area contributed by atoms with Gasteiger partial charge in [-0.15, -0.1) is 0 Å². The third-order valence-electron chi connectivity index (χ3n) is 5.26. The fourth-order valence-electron chi connectivity index (χ4n) is 3.68. The maximum Gasteiger partial charge on any atom is 0.418 e. The summed E-state index contributed by atoms with van der Waals surface area (Å²) < 4.78 is 79.6. The Kier molecular flexibility index (Phi) is 6.13. The van der Waals surface area contributed by atoms with Crippen molar-refractivity contribution < 1.29 is 26.3 Å². The Balaban J connectivity index is 1.74. The van der Waals surface area contributed by atoms with Gasteiger partial charge < -0.3 is 10.6 Å². The van der Waals surface area contributed by atoms with Crippen LogP contribution in [0.15, 0.2) is 48.7 Å². The highest BCUT2D eigenvalue weighted by Gasteiger charge is 2.38. The molecule has 1 fully saturated rings. The lowest BCUT2D eigenvalue weighted by Gasteiger charge is -2.18. The Bertz CT molecular complexity index is 1110. The lowest BCUT2D eigenvalue weighted by Crippen LogP contribution is -2.17. The van der Waals surface area contributed by atoms with Crippen molar-refractivity contribution in [2.24, 2.45) is 0 Å². The molecule has 2 N–H and O–H groups in total. The van der Waals surface area contributed by atoms with Gasteiger partial charge in [0.2, 0.25) is 5.95 Å². The van der Waals surface area contributed by atoms with E-state index < -0.39 is 29.2 Å². The second kappa shape index (κ2) is 8.87. The summed E-state index contributed by atoms with van der Waals surface area (Å²) in [6, 6.07) is 8.09. The standard InChI is InChI=1S/C22H19F6N5/c23-21(24,25)13-8-9-16(15(11-13)22(26,27)28)31-19-12-18(17-7-3-4-10-29-17)32-20(33-19)30-14-5-1-2-6-14/h3-4,7-12,14H,1-2,5-6H2,(H2,30,31,32,33). The molecule has 0 bridgehead atoms. The molecule has 33 heavy (non-hydrogen) atoms. The fraction of sp³-hybridized carbons (Fsp3) is 0.318. The molecule has 2 aromatic heterocycles. The van der Waals surface area contributed by atoms with Crippen LogP contribution in [-0.2, 0) is 12.4 Å². The third kappa shape index (κ3) is 5.52. The molecule has 4 rings (SSSR count). The van der Waals surface area contributed by atoms with Crippen LogP contribution in [0.2, 0.25) is 0 Å². The molecular formula is C22H19F6N5. The van der Waals surface area contributed by atoms with Crippen LogP contribution in [0.4, 0.5) is 43.8 Å². The quantitative estimate of drug-likeness (QED) is 0.410. The first kappa shape index (κ1) is 22.8. The zero-order valence-electron chi connectivity index (χ0n) is 17.1. The van der Waals surface area contributed by atoms with Crippen LogP contribution in [0, 0.1) is 0 Å². The number of nitrogens with zero attached hydrogens (tertiary/aromatic N) is 3. The second-order valence-corrected chi connectivity index (χ2v) is 7.68. The minimum Gasteiger partial charge on any atom is -0.351 e. The number of benzene rings is 1. The van der Waals surface area contributed by atoms with E-state index in [2.05, 4.69) is 25.6 Å². The van der Waals surface area contributed by atoms with Gasteiger partial charge in [-0.1, -0.05) is 18.9 Å². The SMILES string of the molecule is FC(F)(F)c1ccc(Nc2cc(-c3ccccn3)nc(NC3CCCC3)n2)c(C(F)(F)F)c1. The number of hydrogen-bond acceptors (Lipinski definition) is 5. The van der Waals surface area contributed by atoms with Crippen LogP contribution in [-0.4, -0.2) is 21.0 Å². The highest BCUT2D eigenvalue weighted by molar-refractivity contribution is 5.67. The summed E-state index contributed by atoms with van der Waals surface area (Å²) >= 11 is 0. The Labute approximate surface area is 185 Å². The number of aromatic nitrogens is 3. The van der Waals surface area contributed by atoms with Crippen molar-refractivity contribution in [3.63, 3.8) is 0 Å². The summed E-state index contributed by atoms with van der Waals surface area (Å²) in [6.07, 6.45) is -4.45. The van der Waals surface area contributed by atoms with Gasteiger partial charge in [-0.05, 0) is 43.2 Å². The molecule has 0 spiro atoms. The Hall–Kier alpha value is -3.37. The zero-order valence-corrected chi connectivity index (χ0v) is 17.1. The van der Waals surface area contributed by atoms with Crippen molar-refractivity contribution in [3.8, 4) is 11.4 Å². The summed E-state index contributed by atoms with van der Waals surface area (Å²) in [6.45, 7) is 0. The molecule has 3 aromatic rings. The molecule has 0 atom stereocenters. The van der Waals surface area contributed by atoms with Gasteiger partial charge >= 0.3 is 12.4 Å². The molecule has 0 unspecified atom stereocenters. The number of pyridine rings is 1. The number of anilines is 3. The summed E-state index contributed by atoms with van der Waals surface area (Å²) in [5, 5.41) is 5.72. The normalized spacial score (nSPS) is 15.0. The summed E-state index contributed by atoms with van der Waals surface area (Å²) in [7, 11) is 0. The van der Waals surface area contributed by atoms with Gasteiger partial charge in [-0.3, -0.25) is 4.98 Å². The van der Waals surface area contributed by atoms with Crippen LogP contribution in [0.1, 0.15) is 36.8 Å². The largest absolute Gasteiger partial charge is 0.418 e. The Morgan fingerprint density at radius 1 is 0.818 bits per heavy atom. The highest BCUT2D eigenvalue weighted by atomic mass is 19.4. The van der Waals surface area contributed by atoms with E-state index in [1.807, 2.05) is 0 Å². The van der Waals surface area contributed by atoms with Crippen molar-refractivity contribution in [2.45, 2.75) is 44.1 Å². The minimum atomic E-state index is -5.01. The van der Waals surface area contributed by atoms with Gasteiger partial charge in [-0.2, -0.15) is 31.3 Å². The van der Waals surface area contributed by atoms with Crippen LogP contribution in [0.25, 0.3) is 11.4 Å². The van der Waals surface area contributed by atoms with E-state index in [9.17, 15) is 26.3 Å². The molecule has 0 saturated heterocycles. The Morgan fingerprint density at radius 3 is 2.21 bits per heavy atom. The van der Waals surface area contributed by atoms with Gasteiger partial charge in [0.15, 0.2) is 0 Å². The van der Waals surface area contributed by atoms with Gasteiger partial charge in [0, 0.05) is 18.3 Å². The van der Waals surface area contributed by atoms with Crippen LogP contribution in [0.3, 0.4) is 0 Å². The molecule has 11 heteroatoms. The van der Waals surface area contributed by atoms with Gasteiger partial charge in [0.05, 0.1) is 28.2 Å². The molecule has 174 valence electrons. The maximum absolute atomic E-state index is 13.6. The number of alkyl halides is 6. The fourth-order valence-corrected chi connectivity index (χ4v) is 3.68. The molecule has 1 aromatic carbocycles. The summed E-state index contributed by atoms with van der Waals surface area (Å²) in [5.74, 6) is 0.199. The maximum atomic E-state index is 13.6. The predicted octanol–water partition coefficient (Wildman–Crippen LogP) is 6.67. The van der Waals surface area contributed by atoms with Gasteiger partial charge in [0.25, 0.3) is 0 Å². The molecule has 1 saturated carbocycles. The molecule has 2 heterocycles. The van der Waals surface area contributed by atoms with Crippen molar-refractivity contribution >= 4 is 17.5 Å². The van der Waals surface area contributed by atoms with Crippen LogP contribution >= 0.6 is 0 Å². The minimum absolute atomic E-state index is 0.00333. The number of halogens is 6. The van der Waals surface area contributed by atoms with E-state index in [1.165, 1.54) is 6.07 Å². The van der Waals surface area contributed by atoms with E-state index in [4.69, 9.17) is 0 Å². The number of nitrogens with one attached hydrogen (secondary N) is 2. The third-order valence-corrected chi connectivity index (χ3v) is 5.26. The zero-order chi connectivity index (χ0) is 23.6. The molecule has 0 amide bonds. The predicted molar refractivity (Wildman–Crippen MR) is 111 cm³/mol. The van der Waals surface area contributed by atoms with E-state index in [0.29, 0.717) is 17.5 Å². The van der Waals surface area contributed by atoms with E-state index in [1.54, 1.807) is 24.4 Å². The monoisotopic (exact) mass is 467 g/mol. The Morgan fingerprint density at radius 2 is 1.58 bits per heavy atom. The lowest BCUT2D eigenvalue weighted by molar-refractivity contribution is -0.142. The number of rotatable bonds is 5. The number of hydrogen-bond donors (Lipinski definition) is 2. The van der Waals surface area contributed by atoms with Crippen molar-refractivity contribution in [1.29, 1.82) is 0 Å². The van der Waals surface area contributed by atoms with Crippen molar-refractivity contribution in [2.75, 3.05) is 10.6 Å². The molecule has 1 aliphatic carbocycles. The second-order valence-electron chi connectivity index (χ2n) is 7.68. The highest BCUT2D eigenvalue weighted by Crippen LogP contribution is 2.40. The lowest BCUT2D eigenvalue weighted by atomic mass is 10.1. The van der Waals surface area contributed by atoms with Crippen LogP contribution < -0.4 is 10.6 Å². The summed E-state index contributed by atoms with van der Waals surface area (Å²) in [5.41, 5.74) is -2.55. The van der Waals surface area contributed by atoms with Crippen LogP contribution in [0.5, 0.6) is 0 Å². The van der Waals surface area contributed by atoms with E-state index in [-0.39, 0.29) is 23.9 Å². The summed E-state index contributed by atoms with van der Waals surface area (Å²) in [4.78, 5) is 12.9. The molecular weight excluding hydrogens is 448 g/mol. The average molecular weight is 467 g/mol. The van der Waals surface area contributed by atoms with E-state index in [0.717, 1.165) is 31.7 Å². The average Bonchev–Trinajstić information content (AvgIpc) is 3.26. The van der Waals surface area contributed by atoms with Crippen molar-refractivity contribution in [1.82, 2.24) is 15.0 Å². The molecule has 0 radical (unpaired) electrons. The van der Waals surface area contributed by atoms with Gasteiger partial charge in [-0.25, -0.2) is 4.98 Å². The first-order valence-electron chi connectivity index (χ1n) is 10.2. The molecule has 1 aliphatic rings. The van der Waals surface area contributed by atoms with Crippen molar-refractivity contribution in [3.05, 3.63) is 59.8 Å². The first-order valence-corrected chi connectivity index (χ1v) is 10.2. The van der Waals surface area contributed by atoms with Gasteiger partial charge in [0.1, 0.15) is 5.82 Å². The smallest absolute Gasteiger partial charge is 0.351 e. The topological polar surface area (TPSA) is 62.7 Å². The van der Waals surface area contributed by atoms with E-state index >= 15 is 0 Å². The first-order chi connectivity index (χ1) is 15.6. The molecule has 5 nitrogen and oxygen atoms in total. The molecule has 0 aliphatic heterocycles.